The summed E-state index contributed by atoms with van der Waals surface area (Å²) >= 11 is 1.46. The van der Waals surface area contributed by atoms with Gasteiger partial charge >= 0.3 is 0 Å². The Balaban J connectivity index is 0.00000242. The standard InChI is InChI=1S/C14H19N5OS.2ClH/c1-19(2)13-10(4-3-7-16-13)8-17-14(20)11-9-21-12(18-11)5-6-15;;/h3-4,7,9H,5-6,8,15H2,1-2H3,(H,17,20);2*1H. The maximum absolute atomic E-state index is 12.1. The highest BCUT2D eigenvalue weighted by atomic mass is 35.5. The molecule has 6 nitrogen and oxygen atoms in total. The molecule has 9 heteroatoms. The molecule has 2 aromatic heterocycles. The summed E-state index contributed by atoms with van der Waals surface area (Å²) in [5.74, 6) is 0.669. The number of rotatable bonds is 6. The van der Waals surface area contributed by atoms with Gasteiger partial charge in [0.2, 0.25) is 0 Å². The van der Waals surface area contributed by atoms with Gasteiger partial charge in [-0.1, -0.05) is 6.07 Å². The van der Waals surface area contributed by atoms with Crippen molar-refractivity contribution >= 4 is 47.9 Å². The van der Waals surface area contributed by atoms with Crippen molar-refractivity contribution in [1.29, 1.82) is 0 Å². The van der Waals surface area contributed by atoms with E-state index in [2.05, 4.69) is 15.3 Å². The molecule has 23 heavy (non-hydrogen) atoms. The van der Waals surface area contributed by atoms with Crippen LogP contribution in [0.25, 0.3) is 0 Å². The van der Waals surface area contributed by atoms with Crippen molar-refractivity contribution in [3.8, 4) is 0 Å². The first-order valence-electron chi connectivity index (χ1n) is 6.65. The highest BCUT2D eigenvalue weighted by Crippen LogP contribution is 2.14. The summed E-state index contributed by atoms with van der Waals surface area (Å²) < 4.78 is 0. The molecule has 0 aliphatic heterocycles. The van der Waals surface area contributed by atoms with Crippen molar-refractivity contribution in [2.24, 2.45) is 5.73 Å². The van der Waals surface area contributed by atoms with Crippen LogP contribution in [0.5, 0.6) is 0 Å². The summed E-state index contributed by atoms with van der Waals surface area (Å²) in [6, 6.07) is 3.81. The number of thiazole rings is 1. The third-order valence-electron chi connectivity index (χ3n) is 2.87. The molecule has 0 bridgehead atoms. The van der Waals surface area contributed by atoms with Crippen LogP contribution in [0.1, 0.15) is 21.1 Å². The second-order valence-electron chi connectivity index (χ2n) is 4.73. The lowest BCUT2D eigenvalue weighted by molar-refractivity contribution is 0.0946. The average Bonchev–Trinajstić information content (AvgIpc) is 2.94. The maximum atomic E-state index is 12.1. The minimum Gasteiger partial charge on any atom is -0.362 e. The summed E-state index contributed by atoms with van der Waals surface area (Å²) in [5, 5.41) is 5.52. The second kappa shape index (κ2) is 10.4. The number of hydrogen-bond acceptors (Lipinski definition) is 6. The third kappa shape index (κ3) is 5.95. The van der Waals surface area contributed by atoms with Crippen LogP contribution in [0, 0.1) is 0 Å². The molecule has 2 aromatic rings. The largest absolute Gasteiger partial charge is 0.362 e. The molecule has 0 spiro atoms. The zero-order valence-corrected chi connectivity index (χ0v) is 15.4. The molecule has 0 saturated carbocycles. The van der Waals surface area contributed by atoms with Gasteiger partial charge in [0.05, 0.1) is 5.01 Å². The average molecular weight is 378 g/mol. The normalized spacial score (nSPS) is 9.52. The summed E-state index contributed by atoms with van der Waals surface area (Å²) in [6.45, 7) is 0.959. The first-order chi connectivity index (χ1) is 10.1. The molecule has 2 heterocycles. The van der Waals surface area contributed by atoms with Gasteiger partial charge in [-0.15, -0.1) is 36.2 Å². The third-order valence-corrected chi connectivity index (χ3v) is 3.78. The number of halogens is 2. The molecule has 0 atom stereocenters. The van der Waals surface area contributed by atoms with Crippen molar-refractivity contribution in [3.63, 3.8) is 0 Å². The second-order valence-corrected chi connectivity index (χ2v) is 5.67. The van der Waals surface area contributed by atoms with E-state index in [9.17, 15) is 4.79 Å². The van der Waals surface area contributed by atoms with Crippen LogP contribution in [-0.4, -0.2) is 36.5 Å². The van der Waals surface area contributed by atoms with E-state index in [-0.39, 0.29) is 30.7 Å². The minimum atomic E-state index is -0.178. The van der Waals surface area contributed by atoms with Gasteiger partial charge in [-0.2, -0.15) is 0 Å². The zero-order chi connectivity index (χ0) is 15.2. The van der Waals surface area contributed by atoms with E-state index in [1.165, 1.54) is 11.3 Å². The number of carbonyl (C=O) groups excluding carboxylic acids is 1. The van der Waals surface area contributed by atoms with E-state index >= 15 is 0 Å². The van der Waals surface area contributed by atoms with Gasteiger partial charge < -0.3 is 16.0 Å². The van der Waals surface area contributed by atoms with Crippen LogP contribution in [0.2, 0.25) is 0 Å². The molecule has 0 unspecified atom stereocenters. The van der Waals surface area contributed by atoms with Crippen molar-refractivity contribution in [3.05, 3.63) is 40.0 Å². The molecule has 2 rings (SSSR count). The van der Waals surface area contributed by atoms with Crippen LogP contribution in [0.4, 0.5) is 5.82 Å². The van der Waals surface area contributed by atoms with Gasteiger partial charge in [0.1, 0.15) is 11.5 Å². The lowest BCUT2D eigenvalue weighted by Crippen LogP contribution is -2.25. The smallest absolute Gasteiger partial charge is 0.271 e. The van der Waals surface area contributed by atoms with Gasteiger partial charge in [0.25, 0.3) is 5.91 Å². The van der Waals surface area contributed by atoms with Crippen LogP contribution < -0.4 is 16.0 Å². The first-order valence-corrected chi connectivity index (χ1v) is 7.53. The van der Waals surface area contributed by atoms with Crippen molar-refractivity contribution in [2.45, 2.75) is 13.0 Å². The van der Waals surface area contributed by atoms with Gasteiger partial charge in [0, 0.05) is 44.2 Å². The molecule has 0 radical (unpaired) electrons. The van der Waals surface area contributed by atoms with E-state index in [0.29, 0.717) is 25.2 Å². The van der Waals surface area contributed by atoms with Crippen molar-refractivity contribution in [1.82, 2.24) is 15.3 Å². The van der Waals surface area contributed by atoms with E-state index in [1.807, 2.05) is 31.1 Å². The number of anilines is 1. The predicted molar refractivity (Wildman–Crippen MR) is 99.1 cm³/mol. The monoisotopic (exact) mass is 377 g/mol. The fourth-order valence-corrected chi connectivity index (χ4v) is 2.68. The van der Waals surface area contributed by atoms with Crippen molar-refractivity contribution in [2.75, 3.05) is 25.5 Å². The van der Waals surface area contributed by atoms with E-state index < -0.39 is 0 Å². The fourth-order valence-electron chi connectivity index (χ4n) is 1.89. The number of hydrogen-bond donors (Lipinski definition) is 2. The Hall–Kier alpha value is -1.41. The Labute approximate surface area is 152 Å². The Morgan fingerprint density at radius 1 is 1.39 bits per heavy atom. The number of nitrogens with one attached hydrogen (secondary N) is 1. The van der Waals surface area contributed by atoms with Gasteiger partial charge in [-0.25, -0.2) is 9.97 Å². The number of aromatic nitrogens is 2. The number of nitrogens with two attached hydrogens (primary N) is 1. The minimum absolute atomic E-state index is 0. The van der Waals surface area contributed by atoms with Gasteiger partial charge in [-0.3, -0.25) is 4.79 Å². The Morgan fingerprint density at radius 2 is 2.13 bits per heavy atom. The zero-order valence-electron chi connectivity index (χ0n) is 13.0. The quantitative estimate of drug-likeness (QED) is 0.802. The molecule has 0 saturated heterocycles. The number of amides is 1. The summed E-state index contributed by atoms with van der Waals surface area (Å²) in [5.41, 5.74) is 6.89. The van der Waals surface area contributed by atoms with Crippen LogP contribution in [0.15, 0.2) is 23.7 Å². The summed E-state index contributed by atoms with van der Waals surface area (Å²) in [7, 11) is 3.85. The molecule has 128 valence electrons. The van der Waals surface area contributed by atoms with E-state index in [0.717, 1.165) is 16.4 Å². The first kappa shape index (κ1) is 21.6. The topological polar surface area (TPSA) is 84.1 Å². The highest BCUT2D eigenvalue weighted by molar-refractivity contribution is 7.09. The Morgan fingerprint density at radius 3 is 2.78 bits per heavy atom. The summed E-state index contributed by atoms with van der Waals surface area (Å²) in [4.78, 5) is 22.6. The molecule has 0 fully saturated rings. The fraction of sp³-hybridized carbons (Fsp3) is 0.357. The molecule has 0 aliphatic carbocycles. The molecular weight excluding hydrogens is 357 g/mol. The van der Waals surface area contributed by atoms with E-state index in [1.54, 1.807) is 11.6 Å². The van der Waals surface area contributed by atoms with Crippen LogP contribution in [0.3, 0.4) is 0 Å². The Bertz CT molecular complexity index is 621. The van der Waals surface area contributed by atoms with Crippen LogP contribution in [-0.2, 0) is 13.0 Å². The highest BCUT2D eigenvalue weighted by Gasteiger charge is 2.12. The number of pyridine rings is 1. The molecular formula is C14H21Cl2N5OS. The lowest BCUT2D eigenvalue weighted by Gasteiger charge is -2.15. The maximum Gasteiger partial charge on any atom is 0.271 e. The summed E-state index contributed by atoms with van der Waals surface area (Å²) in [6.07, 6.45) is 2.44. The SMILES string of the molecule is CN(C)c1ncccc1CNC(=O)c1csc(CCN)n1.Cl.Cl. The Kier molecular flexibility index (Phi) is 9.74. The van der Waals surface area contributed by atoms with Crippen LogP contribution >= 0.6 is 36.2 Å². The molecule has 0 aromatic carbocycles. The van der Waals surface area contributed by atoms with Crippen molar-refractivity contribution < 1.29 is 4.79 Å². The van der Waals surface area contributed by atoms with Gasteiger partial charge in [0.15, 0.2) is 0 Å². The lowest BCUT2D eigenvalue weighted by atomic mass is 10.2. The molecule has 1 amide bonds. The predicted octanol–water partition coefficient (Wildman–Crippen LogP) is 1.88. The molecule has 0 aliphatic rings. The van der Waals surface area contributed by atoms with E-state index in [4.69, 9.17) is 5.73 Å². The van der Waals surface area contributed by atoms with Gasteiger partial charge in [-0.05, 0) is 12.6 Å². The number of carbonyl (C=O) groups is 1. The molecule has 3 N–H and O–H groups in total. The number of nitrogens with zero attached hydrogens (tertiary/aromatic N) is 3.